The minimum absolute atomic E-state index is 1.11. The molecule has 0 saturated carbocycles. The first kappa shape index (κ1) is 9.53. The molecule has 0 aliphatic carbocycles. The molecule has 2 rings (SSSR count). The maximum atomic E-state index is 4.06. The van der Waals surface area contributed by atoms with Crippen LogP contribution < -0.4 is 4.90 Å². The molecule has 1 radical (unpaired) electrons. The Labute approximate surface area is 86.1 Å². The van der Waals surface area contributed by atoms with Gasteiger partial charge in [-0.1, -0.05) is 18.2 Å². The van der Waals surface area contributed by atoms with E-state index in [2.05, 4.69) is 42.0 Å². The van der Waals surface area contributed by atoms with Crippen molar-refractivity contribution in [2.75, 3.05) is 38.1 Å². The smallest absolute Gasteiger partial charge is 0.0399 e. The van der Waals surface area contributed by atoms with Crippen LogP contribution in [0.1, 0.15) is 5.56 Å². The van der Waals surface area contributed by atoms with Crippen LogP contribution in [0.4, 0.5) is 5.69 Å². The maximum Gasteiger partial charge on any atom is 0.0399 e. The first-order chi connectivity index (χ1) is 6.77. The van der Waals surface area contributed by atoms with Gasteiger partial charge in [-0.25, -0.2) is 0 Å². The number of anilines is 1. The van der Waals surface area contributed by atoms with Crippen molar-refractivity contribution in [1.29, 1.82) is 0 Å². The molecular weight excluding hydrogens is 172 g/mol. The van der Waals surface area contributed by atoms with E-state index in [9.17, 15) is 0 Å². The Hall–Kier alpha value is -1.02. The van der Waals surface area contributed by atoms with Crippen LogP contribution >= 0.6 is 0 Å². The molecule has 1 aromatic carbocycles. The van der Waals surface area contributed by atoms with Crippen LogP contribution in [0.3, 0.4) is 0 Å². The maximum absolute atomic E-state index is 4.06. The zero-order valence-electron chi connectivity index (χ0n) is 8.74. The van der Waals surface area contributed by atoms with E-state index in [1.807, 2.05) is 6.07 Å². The lowest BCUT2D eigenvalue weighted by atomic mass is 10.1. The first-order valence-corrected chi connectivity index (χ1v) is 5.12. The lowest BCUT2D eigenvalue weighted by Crippen LogP contribution is -2.44. The van der Waals surface area contributed by atoms with Crippen LogP contribution in [0.2, 0.25) is 0 Å². The van der Waals surface area contributed by atoms with Gasteiger partial charge in [-0.15, -0.1) is 0 Å². The highest BCUT2D eigenvalue weighted by atomic mass is 15.2. The molecule has 0 spiro atoms. The number of benzene rings is 1. The highest BCUT2D eigenvalue weighted by Crippen LogP contribution is 2.20. The Balaban J connectivity index is 2.12. The predicted octanol–water partition coefficient (Wildman–Crippen LogP) is 1.62. The normalized spacial score (nSPS) is 18.6. The second-order valence-electron chi connectivity index (χ2n) is 3.92. The van der Waals surface area contributed by atoms with Gasteiger partial charge >= 0.3 is 0 Å². The molecule has 1 aromatic rings. The summed E-state index contributed by atoms with van der Waals surface area (Å²) in [6.45, 7) is 8.58. The van der Waals surface area contributed by atoms with Gasteiger partial charge in [0.25, 0.3) is 0 Å². The molecule has 0 N–H and O–H groups in total. The molecule has 0 atom stereocenters. The summed E-state index contributed by atoms with van der Waals surface area (Å²) in [4.78, 5) is 4.78. The summed E-state index contributed by atoms with van der Waals surface area (Å²) in [7, 11) is 2.17. The SMILES string of the molecule is [CH2]c1ccccc1N1CCN(C)CC1. The minimum atomic E-state index is 1.11. The average molecular weight is 189 g/mol. The van der Waals surface area contributed by atoms with Crippen molar-refractivity contribution in [1.82, 2.24) is 4.90 Å². The van der Waals surface area contributed by atoms with Crippen molar-refractivity contribution in [2.24, 2.45) is 0 Å². The van der Waals surface area contributed by atoms with Crippen LogP contribution in [-0.4, -0.2) is 38.1 Å². The van der Waals surface area contributed by atoms with Crippen molar-refractivity contribution in [3.63, 3.8) is 0 Å². The highest BCUT2D eigenvalue weighted by molar-refractivity contribution is 5.55. The zero-order valence-corrected chi connectivity index (χ0v) is 8.74. The van der Waals surface area contributed by atoms with Gasteiger partial charge in [0, 0.05) is 31.9 Å². The number of piperazine rings is 1. The molecular formula is C12H17N2. The van der Waals surface area contributed by atoms with E-state index in [0.29, 0.717) is 0 Å². The molecule has 0 aromatic heterocycles. The van der Waals surface area contributed by atoms with Gasteiger partial charge in [0.15, 0.2) is 0 Å². The molecule has 1 saturated heterocycles. The summed E-state index contributed by atoms with van der Waals surface area (Å²) in [6, 6.07) is 8.37. The van der Waals surface area contributed by atoms with Crippen molar-refractivity contribution in [3.05, 3.63) is 36.8 Å². The fraction of sp³-hybridized carbons (Fsp3) is 0.417. The summed E-state index contributed by atoms with van der Waals surface area (Å²) >= 11 is 0. The molecule has 2 nitrogen and oxygen atoms in total. The number of likely N-dealkylation sites (N-methyl/N-ethyl adjacent to an activating group) is 1. The number of rotatable bonds is 1. The fourth-order valence-corrected chi connectivity index (χ4v) is 1.87. The van der Waals surface area contributed by atoms with Crippen LogP contribution in [0.5, 0.6) is 0 Å². The summed E-state index contributed by atoms with van der Waals surface area (Å²) in [5.41, 5.74) is 2.43. The van der Waals surface area contributed by atoms with E-state index >= 15 is 0 Å². The Morgan fingerprint density at radius 3 is 2.36 bits per heavy atom. The zero-order chi connectivity index (χ0) is 9.97. The van der Waals surface area contributed by atoms with Crippen molar-refractivity contribution >= 4 is 5.69 Å². The van der Waals surface area contributed by atoms with Crippen LogP contribution in [-0.2, 0) is 0 Å². The fourth-order valence-electron chi connectivity index (χ4n) is 1.87. The molecule has 1 aliphatic rings. The molecule has 0 unspecified atom stereocenters. The van der Waals surface area contributed by atoms with Gasteiger partial charge in [0.2, 0.25) is 0 Å². The number of hydrogen-bond acceptors (Lipinski definition) is 2. The van der Waals surface area contributed by atoms with Gasteiger partial charge < -0.3 is 9.80 Å². The molecule has 14 heavy (non-hydrogen) atoms. The van der Waals surface area contributed by atoms with Crippen LogP contribution in [0, 0.1) is 6.92 Å². The standard InChI is InChI=1S/C12H17N2/c1-11-5-3-4-6-12(11)14-9-7-13(2)8-10-14/h3-6H,1,7-10H2,2H3. The van der Waals surface area contributed by atoms with Crippen LogP contribution in [0.25, 0.3) is 0 Å². The average Bonchev–Trinajstić information content (AvgIpc) is 2.20. The molecule has 75 valence electrons. The topological polar surface area (TPSA) is 6.48 Å². The third-order valence-corrected chi connectivity index (χ3v) is 2.84. The monoisotopic (exact) mass is 189 g/mol. The Kier molecular flexibility index (Phi) is 2.73. The second kappa shape index (κ2) is 4.01. The first-order valence-electron chi connectivity index (χ1n) is 5.12. The summed E-state index contributed by atoms with van der Waals surface area (Å²) in [6.07, 6.45) is 0. The van der Waals surface area contributed by atoms with Crippen molar-refractivity contribution in [2.45, 2.75) is 0 Å². The van der Waals surface area contributed by atoms with Crippen molar-refractivity contribution in [3.8, 4) is 0 Å². The number of nitrogens with zero attached hydrogens (tertiary/aromatic N) is 2. The van der Waals surface area contributed by atoms with Gasteiger partial charge in [-0.2, -0.15) is 0 Å². The largest absolute Gasteiger partial charge is 0.369 e. The Morgan fingerprint density at radius 1 is 1.07 bits per heavy atom. The van der Waals surface area contributed by atoms with E-state index in [4.69, 9.17) is 0 Å². The quantitative estimate of drug-likeness (QED) is 0.662. The lowest BCUT2D eigenvalue weighted by molar-refractivity contribution is 0.313. The third-order valence-electron chi connectivity index (χ3n) is 2.84. The van der Waals surface area contributed by atoms with Gasteiger partial charge in [-0.05, 0) is 25.6 Å². The molecule has 0 amide bonds. The summed E-state index contributed by atoms with van der Waals surface area (Å²) in [5, 5.41) is 0. The molecule has 2 heteroatoms. The van der Waals surface area contributed by atoms with E-state index < -0.39 is 0 Å². The molecule has 1 fully saturated rings. The number of para-hydroxylation sites is 1. The highest BCUT2D eigenvalue weighted by Gasteiger charge is 2.14. The minimum Gasteiger partial charge on any atom is -0.369 e. The molecule has 1 aliphatic heterocycles. The van der Waals surface area contributed by atoms with Gasteiger partial charge in [-0.3, -0.25) is 0 Å². The predicted molar refractivity (Wildman–Crippen MR) is 60.6 cm³/mol. The van der Waals surface area contributed by atoms with Gasteiger partial charge in [0.05, 0.1) is 0 Å². The number of hydrogen-bond donors (Lipinski definition) is 0. The summed E-state index contributed by atoms with van der Waals surface area (Å²) in [5.74, 6) is 0. The van der Waals surface area contributed by atoms with Crippen LogP contribution in [0.15, 0.2) is 24.3 Å². The lowest BCUT2D eigenvalue weighted by Gasteiger charge is -2.34. The van der Waals surface area contributed by atoms with E-state index in [-0.39, 0.29) is 0 Å². The van der Waals surface area contributed by atoms with E-state index in [1.165, 1.54) is 5.69 Å². The summed E-state index contributed by atoms with van der Waals surface area (Å²) < 4.78 is 0. The molecule has 1 heterocycles. The third kappa shape index (κ3) is 1.90. The van der Waals surface area contributed by atoms with E-state index in [0.717, 1.165) is 31.7 Å². The molecule has 0 bridgehead atoms. The van der Waals surface area contributed by atoms with Crippen molar-refractivity contribution < 1.29 is 0 Å². The Morgan fingerprint density at radius 2 is 1.71 bits per heavy atom. The van der Waals surface area contributed by atoms with Gasteiger partial charge in [0.1, 0.15) is 0 Å². The second-order valence-corrected chi connectivity index (χ2v) is 3.92. The van der Waals surface area contributed by atoms with E-state index in [1.54, 1.807) is 0 Å². The Bertz CT molecular complexity index is 301.